The first-order valence-corrected chi connectivity index (χ1v) is 6.19. The molecule has 110 valence electrons. The van der Waals surface area contributed by atoms with Crippen LogP contribution in [-0.4, -0.2) is 45.1 Å². The highest BCUT2D eigenvalue weighted by atomic mass is 35.5. The molecule has 0 fully saturated rings. The smallest absolute Gasteiger partial charge is 0.325 e. The summed E-state index contributed by atoms with van der Waals surface area (Å²) in [5, 5.41) is 1.61. The van der Waals surface area contributed by atoms with Crippen molar-refractivity contribution in [2.75, 3.05) is 27.9 Å². The van der Waals surface area contributed by atoms with Crippen LogP contribution in [0.25, 0.3) is 0 Å². The van der Waals surface area contributed by atoms with Crippen molar-refractivity contribution in [3.63, 3.8) is 0 Å². The van der Waals surface area contributed by atoms with Gasteiger partial charge in [-0.05, 0) is 18.2 Å². The first-order valence-electron chi connectivity index (χ1n) is 5.75. The third-order valence-electron chi connectivity index (χ3n) is 2.54. The van der Waals surface area contributed by atoms with Crippen molar-refractivity contribution in [3.8, 4) is 11.5 Å². The SMILES string of the molecule is COC(=O)C(Cl)CNC(=O)c1ccc(OC)c(OC)c1. The molecule has 20 heavy (non-hydrogen) atoms. The molecule has 1 atom stereocenters. The first-order chi connectivity index (χ1) is 9.53. The quantitative estimate of drug-likeness (QED) is 0.631. The molecule has 0 saturated carbocycles. The van der Waals surface area contributed by atoms with Gasteiger partial charge < -0.3 is 19.5 Å². The minimum absolute atomic E-state index is 0.0264. The largest absolute Gasteiger partial charge is 0.493 e. The van der Waals surface area contributed by atoms with Crippen LogP contribution in [0.15, 0.2) is 18.2 Å². The second kappa shape index (κ2) is 7.59. The summed E-state index contributed by atoms with van der Waals surface area (Å²) in [4.78, 5) is 23.0. The van der Waals surface area contributed by atoms with Gasteiger partial charge in [0.25, 0.3) is 5.91 Å². The Kier molecular flexibility index (Phi) is 6.11. The number of hydrogen-bond donors (Lipinski definition) is 1. The number of carbonyl (C=O) groups excluding carboxylic acids is 2. The Labute approximate surface area is 122 Å². The summed E-state index contributed by atoms with van der Waals surface area (Å²) >= 11 is 5.74. The molecule has 0 spiro atoms. The van der Waals surface area contributed by atoms with Crippen molar-refractivity contribution in [2.45, 2.75) is 5.38 Å². The van der Waals surface area contributed by atoms with Crippen LogP contribution >= 0.6 is 11.6 Å². The van der Waals surface area contributed by atoms with Gasteiger partial charge in [0.05, 0.1) is 21.3 Å². The second-order valence-corrected chi connectivity index (χ2v) is 4.30. The molecule has 0 aliphatic carbocycles. The highest BCUT2D eigenvalue weighted by molar-refractivity contribution is 6.30. The number of nitrogens with one attached hydrogen (secondary N) is 1. The van der Waals surface area contributed by atoms with Gasteiger partial charge >= 0.3 is 5.97 Å². The lowest BCUT2D eigenvalue weighted by molar-refractivity contribution is -0.140. The topological polar surface area (TPSA) is 73.9 Å². The lowest BCUT2D eigenvalue weighted by Crippen LogP contribution is -2.34. The highest BCUT2D eigenvalue weighted by Gasteiger charge is 2.17. The van der Waals surface area contributed by atoms with E-state index in [-0.39, 0.29) is 12.5 Å². The molecule has 1 unspecified atom stereocenters. The number of ether oxygens (including phenoxy) is 3. The summed E-state index contributed by atoms with van der Waals surface area (Å²) in [5.74, 6) is -0.0100. The van der Waals surface area contributed by atoms with Crippen LogP contribution in [-0.2, 0) is 9.53 Å². The number of rotatable bonds is 6. The fourth-order valence-corrected chi connectivity index (χ4v) is 1.64. The van der Waals surface area contributed by atoms with Crippen molar-refractivity contribution in [1.82, 2.24) is 5.32 Å². The third kappa shape index (κ3) is 4.03. The van der Waals surface area contributed by atoms with Crippen LogP contribution in [0.3, 0.4) is 0 Å². The molecule has 1 N–H and O–H groups in total. The zero-order valence-corrected chi connectivity index (χ0v) is 12.2. The van der Waals surface area contributed by atoms with E-state index in [1.807, 2.05) is 0 Å². The molecule has 7 heteroatoms. The molecule has 6 nitrogen and oxygen atoms in total. The zero-order valence-electron chi connectivity index (χ0n) is 11.4. The van der Waals surface area contributed by atoms with Crippen LogP contribution in [0.2, 0.25) is 0 Å². The van der Waals surface area contributed by atoms with Gasteiger partial charge in [0.2, 0.25) is 0 Å². The van der Waals surface area contributed by atoms with E-state index in [1.54, 1.807) is 12.1 Å². The average Bonchev–Trinajstić information content (AvgIpc) is 2.50. The van der Waals surface area contributed by atoms with Crippen LogP contribution in [0, 0.1) is 0 Å². The van der Waals surface area contributed by atoms with Gasteiger partial charge in [0.15, 0.2) is 11.5 Å². The Bertz CT molecular complexity index is 492. The molecule has 1 rings (SSSR count). The van der Waals surface area contributed by atoms with Gasteiger partial charge in [-0.2, -0.15) is 0 Å². The third-order valence-corrected chi connectivity index (χ3v) is 2.88. The molecule has 1 aromatic rings. The van der Waals surface area contributed by atoms with E-state index in [0.717, 1.165) is 0 Å². The van der Waals surface area contributed by atoms with Crippen LogP contribution in [0.1, 0.15) is 10.4 Å². The molecule has 0 bridgehead atoms. The molecule has 0 heterocycles. The van der Waals surface area contributed by atoms with E-state index >= 15 is 0 Å². The van der Waals surface area contributed by atoms with Gasteiger partial charge in [-0.3, -0.25) is 9.59 Å². The summed E-state index contributed by atoms with van der Waals surface area (Å²) in [6, 6.07) is 4.74. The predicted octanol–water partition coefficient (Wildman–Crippen LogP) is 1.21. The molecule has 0 saturated heterocycles. The number of halogens is 1. The van der Waals surface area contributed by atoms with Crippen LogP contribution < -0.4 is 14.8 Å². The minimum Gasteiger partial charge on any atom is -0.493 e. The predicted molar refractivity (Wildman–Crippen MR) is 73.5 cm³/mol. The number of alkyl halides is 1. The highest BCUT2D eigenvalue weighted by Crippen LogP contribution is 2.27. The minimum atomic E-state index is -0.927. The maximum atomic E-state index is 11.9. The fraction of sp³-hybridized carbons (Fsp3) is 0.385. The van der Waals surface area contributed by atoms with E-state index in [9.17, 15) is 9.59 Å². The Morgan fingerprint density at radius 3 is 2.40 bits per heavy atom. The summed E-state index contributed by atoms with van der Waals surface area (Å²) in [6.45, 7) is -0.0264. The summed E-state index contributed by atoms with van der Waals surface area (Å²) in [6.07, 6.45) is 0. The van der Waals surface area contributed by atoms with Gasteiger partial charge in [0, 0.05) is 12.1 Å². The Morgan fingerprint density at radius 2 is 1.85 bits per heavy atom. The van der Waals surface area contributed by atoms with E-state index in [1.165, 1.54) is 27.4 Å². The maximum absolute atomic E-state index is 11.9. The standard InChI is InChI=1S/C13H16ClNO5/c1-18-10-5-4-8(6-11(10)19-2)12(16)15-7-9(14)13(17)20-3/h4-6,9H,7H2,1-3H3,(H,15,16). The molecular formula is C13H16ClNO5. The molecule has 1 aromatic carbocycles. The number of hydrogen-bond acceptors (Lipinski definition) is 5. The molecule has 0 radical (unpaired) electrons. The molecule has 1 amide bonds. The first kappa shape index (κ1) is 16.1. The lowest BCUT2D eigenvalue weighted by Gasteiger charge is -2.11. The molecular weight excluding hydrogens is 286 g/mol. The van der Waals surface area contributed by atoms with Crippen molar-refractivity contribution >= 4 is 23.5 Å². The number of methoxy groups -OCH3 is 3. The number of esters is 1. The van der Waals surface area contributed by atoms with Gasteiger partial charge in [-0.1, -0.05) is 0 Å². The van der Waals surface area contributed by atoms with Crippen LogP contribution in [0.5, 0.6) is 11.5 Å². The van der Waals surface area contributed by atoms with Gasteiger partial charge in [-0.25, -0.2) is 0 Å². The van der Waals surface area contributed by atoms with E-state index in [0.29, 0.717) is 17.1 Å². The van der Waals surface area contributed by atoms with Gasteiger partial charge in [-0.15, -0.1) is 11.6 Å². The van der Waals surface area contributed by atoms with E-state index < -0.39 is 11.3 Å². The number of amides is 1. The Morgan fingerprint density at radius 1 is 1.20 bits per heavy atom. The monoisotopic (exact) mass is 301 g/mol. The Hall–Kier alpha value is -1.95. The van der Waals surface area contributed by atoms with E-state index in [4.69, 9.17) is 21.1 Å². The second-order valence-electron chi connectivity index (χ2n) is 3.77. The van der Waals surface area contributed by atoms with Crippen molar-refractivity contribution in [1.29, 1.82) is 0 Å². The lowest BCUT2D eigenvalue weighted by atomic mass is 10.2. The van der Waals surface area contributed by atoms with Crippen molar-refractivity contribution in [2.24, 2.45) is 0 Å². The molecule has 0 aliphatic heterocycles. The maximum Gasteiger partial charge on any atom is 0.325 e. The van der Waals surface area contributed by atoms with E-state index in [2.05, 4.69) is 10.1 Å². The zero-order chi connectivity index (χ0) is 15.1. The molecule has 0 aliphatic rings. The van der Waals surface area contributed by atoms with Crippen molar-refractivity contribution in [3.05, 3.63) is 23.8 Å². The average molecular weight is 302 g/mol. The molecule has 0 aromatic heterocycles. The summed E-state index contributed by atoms with van der Waals surface area (Å²) in [5.41, 5.74) is 0.372. The van der Waals surface area contributed by atoms with Gasteiger partial charge in [0.1, 0.15) is 5.38 Å². The fourth-order valence-electron chi connectivity index (χ4n) is 1.47. The number of carbonyl (C=O) groups is 2. The summed E-state index contributed by atoms with van der Waals surface area (Å²) < 4.78 is 14.6. The normalized spacial score (nSPS) is 11.4. The van der Waals surface area contributed by atoms with Crippen molar-refractivity contribution < 1.29 is 23.8 Å². The summed E-state index contributed by atoms with van der Waals surface area (Å²) in [7, 11) is 4.21. The number of benzene rings is 1. The Balaban J connectivity index is 2.71. The van der Waals surface area contributed by atoms with Crippen LogP contribution in [0.4, 0.5) is 0 Å².